The van der Waals surface area contributed by atoms with Crippen molar-refractivity contribution in [2.45, 2.75) is 23.4 Å². The molecule has 7 nitrogen and oxygen atoms in total. The van der Waals surface area contributed by atoms with Gasteiger partial charge >= 0.3 is 6.18 Å². The van der Waals surface area contributed by atoms with Crippen LogP contribution in [-0.4, -0.2) is 36.8 Å². The number of benzene rings is 3. The molecule has 0 aliphatic carbocycles. The van der Waals surface area contributed by atoms with Crippen LogP contribution in [0.2, 0.25) is 0 Å². The number of hydrogen-bond acceptors (Lipinski definition) is 4. The Hall–Kier alpha value is -3.84. The molecule has 3 aromatic rings. The smallest absolute Gasteiger partial charge is 0.376 e. The van der Waals surface area contributed by atoms with E-state index >= 15 is 0 Å². The van der Waals surface area contributed by atoms with Crippen LogP contribution in [-0.2, 0) is 16.2 Å². The van der Waals surface area contributed by atoms with E-state index in [-0.39, 0.29) is 23.5 Å². The summed E-state index contributed by atoms with van der Waals surface area (Å²) in [7, 11) is -4.49. The number of nitrogens with two attached hydrogens (primary N) is 1. The number of halogens is 4. The van der Waals surface area contributed by atoms with Crippen molar-refractivity contribution in [2.24, 2.45) is 15.2 Å². The lowest BCUT2D eigenvalue weighted by Gasteiger charge is -2.31. The highest BCUT2D eigenvalue weighted by molar-refractivity contribution is 7.90. The minimum atomic E-state index is -4.63. The summed E-state index contributed by atoms with van der Waals surface area (Å²) in [6.45, 7) is 0.196. The van der Waals surface area contributed by atoms with Gasteiger partial charge in [-0.2, -0.15) is 26.7 Å². The van der Waals surface area contributed by atoms with E-state index in [2.05, 4.69) is 14.8 Å². The van der Waals surface area contributed by atoms with Gasteiger partial charge in [-0.25, -0.2) is 9.40 Å². The monoisotopic (exact) mass is 563 g/mol. The van der Waals surface area contributed by atoms with Crippen LogP contribution in [0.3, 0.4) is 0 Å². The molecular formula is C25H21F4N5O2S2. The molecule has 1 heterocycles. The van der Waals surface area contributed by atoms with Gasteiger partial charge < -0.3 is 11.1 Å². The van der Waals surface area contributed by atoms with E-state index in [0.29, 0.717) is 29.8 Å². The first-order chi connectivity index (χ1) is 17.9. The van der Waals surface area contributed by atoms with Crippen molar-refractivity contribution >= 4 is 39.0 Å². The molecule has 13 heteroatoms. The highest BCUT2D eigenvalue weighted by atomic mass is 32.2. The second-order valence-electron chi connectivity index (χ2n) is 8.27. The maximum atomic E-state index is 13.6. The normalized spacial score (nSPS) is 16.6. The van der Waals surface area contributed by atoms with Gasteiger partial charge in [0, 0.05) is 12.5 Å². The number of thiocarbonyl (C=S) groups is 1. The molecule has 4 rings (SSSR count). The summed E-state index contributed by atoms with van der Waals surface area (Å²) < 4.78 is 82.1. The summed E-state index contributed by atoms with van der Waals surface area (Å²) in [5.74, 6) is -0.961. The van der Waals surface area contributed by atoms with Crippen molar-refractivity contribution < 1.29 is 26.0 Å². The zero-order valence-electron chi connectivity index (χ0n) is 19.6. The fourth-order valence-electron chi connectivity index (χ4n) is 3.91. The molecule has 3 aromatic carbocycles. The van der Waals surface area contributed by atoms with Gasteiger partial charge in [-0.15, -0.1) is 4.40 Å². The fraction of sp³-hybridized carbons (Fsp3) is 0.160. The summed E-state index contributed by atoms with van der Waals surface area (Å²) in [5.41, 5.74) is 6.68. The van der Waals surface area contributed by atoms with Crippen molar-refractivity contribution in [3.63, 3.8) is 0 Å². The number of hydrazone groups is 1. The summed E-state index contributed by atoms with van der Waals surface area (Å²) in [6, 6.07) is 18.1. The standard InChI is InChI=1S/C25H21F4N5O2S2/c26-19-10-6-17(7-11-19)22-21(16-4-2-1-3-5-16)14-15-34(32-22)24(31-23(30)37)33-38(35,36)20-12-8-18(9-13-20)25(27,28)29/h1-13,21H,14-15H2,(H3,30,31,33,37). The molecule has 0 saturated carbocycles. The molecule has 0 bridgehead atoms. The Labute approximate surface area is 221 Å². The molecule has 0 aromatic heterocycles. The first-order valence-electron chi connectivity index (χ1n) is 11.2. The minimum absolute atomic E-state index is 0.196. The van der Waals surface area contributed by atoms with Gasteiger partial charge in [0.1, 0.15) is 5.82 Å². The van der Waals surface area contributed by atoms with Gasteiger partial charge in [-0.05, 0) is 66.2 Å². The number of alkyl halides is 3. The molecule has 1 aliphatic heterocycles. The molecule has 3 N–H and O–H groups in total. The van der Waals surface area contributed by atoms with Crippen LogP contribution in [0.25, 0.3) is 0 Å². The SMILES string of the molecule is NC(=S)NC(=NS(=O)(=O)c1ccc(C(F)(F)F)cc1)N1CCC(c2ccccc2)C(c2ccc(F)cc2)=N1. The Morgan fingerprint density at radius 1 is 1.03 bits per heavy atom. The summed E-state index contributed by atoms with van der Waals surface area (Å²) >= 11 is 4.89. The topological polar surface area (TPSA) is 100 Å². The number of guanidine groups is 1. The van der Waals surface area contributed by atoms with E-state index in [1.165, 1.54) is 17.1 Å². The number of hydrogen-bond donors (Lipinski definition) is 2. The van der Waals surface area contributed by atoms with E-state index in [1.54, 1.807) is 12.1 Å². The van der Waals surface area contributed by atoms with E-state index < -0.39 is 32.5 Å². The molecule has 1 unspecified atom stereocenters. The lowest BCUT2D eigenvalue weighted by atomic mass is 9.86. The van der Waals surface area contributed by atoms with E-state index in [1.807, 2.05) is 30.3 Å². The predicted octanol–water partition coefficient (Wildman–Crippen LogP) is 4.62. The molecule has 0 radical (unpaired) electrons. The van der Waals surface area contributed by atoms with Crippen molar-refractivity contribution in [3.8, 4) is 0 Å². The predicted molar refractivity (Wildman–Crippen MR) is 139 cm³/mol. The maximum absolute atomic E-state index is 13.6. The Bertz CT molecular complexity index is 1470. The number of sulfonamides is 1. The largest absolute Gasteiger partial charge is 0.416 e. The van der Waals surface area contributed by atoms with Gasteiger partial charge in [0.05, 0.1) is 16.2 Å². The van der Waals surface area contributed by atoms with Crippen molar-refractivity contribution in [2.75, 3.05) is 6.54 Å². The Balaban J connectivity index is 1.77. The molecule has 0 spiro atoms. The lowest BCUT2D eigenvalue weighted by molar-refractivity contribution is -0.137. The lowest BCUT2D eigenvalue weighted by Crippen LogP contribution is -2.47. The Morgan fingerprint density at radius 3 is 2.24 bits per heavy atom. The third-order valence-electron chi connectivity index (χ3n) is 5.70. The van der Waals surface area contributed by atoms with E-state index in [0.717, 1.165) is 17.7 Å². The van der Waals surface area contributed by atoms with Gasteiger partial charge in [0.25, 0.3) is 10.0 Å². The highest BCUT2D eigenvalue weighted by Crippen LogP contribution is 2.31. The summed E-state index contributed by atoms with van der Waals surface area (Å²) in [4.78, 5) is -0.463. The first kappa shape index (κ1) is 27.2. The fourth-order valence-corrected chi connectivity index (χ4v) is 4.95. The second kappa shape index (κ2) is 10.9. The zero-order chi connectivity index (χ0) is 27.5. The molecular weight excluding hydrogens is 542 g/mol. The van der Waals surface area contributed by atoms with Gasteiger partial charge in [0.2, 0.25) is 5.96 Å². The third kappa shape index (κ3) is 6.34. The van der Waals surface area contributed by atoms with Gasteiger partial charge in [-0.1, -0.05) is 42.5 Å². The summed E-state index contributed by atoms with van der Waals surface area (Å²) in [6.07, 6.45) is -4.16. The van der Waals surface area contributed by atoms with Crippen LogP contribution >= 0.6 is 12.2 Å². The van der Waals surface area contributed by atoms with Crippen LogP contribution < -0.4 is 11.1 Å². The summed E-state index contributed by atoms with van der Waals surface area (Å²) in [5, 5.41) is 8.10. The highest BCUT2D eigenvalue weighted by Gasteiger charge is 2.32. The molecule has 38 heavy (non-hydrogen) atoms. The molecule has 1 aliphatic rings. The van der Waals surface area contributed by atoms with Crippen molar-refractivity contribution in [1.82, 2.24) is 10.3 Å². The van der Waals surface area contributed by atoms with Crippen molar-refractivity contribution in [3.05, 3.63) is 101 Å². The van der Waals surface area contributed by atoms with Gasteiger partial charge in [-0.3, -0.25) is 0 Å². The minimum Gasteiger partial charge on any atom is -0.376 e. The number of nitrogens with one attached hydrogen (secondary N) is 1. The maximum Gasteiger partial charge on any atom is 0.416 e. The molecule has 0 fully saturated rings. The average molecular weight is 564 g/mol. The molecule has 0 amide bonds. The van der Waals surface area contributed by atoms with Crippen LogP contribution in [0.15, 0.2) is 93.3 Å². The van der Waals surface area contributed by atoms with Crippen molar-refractivity contribution in [1.29, 1.82) is 0 Å². The quantitative estimate of drug-likeness (QED) is 0.208. The van der Waals surface area contributed by atoms with E-state index in [9.17, 15) is 26.0 Å². The van der Waals surface area contributed by atoms with Gasteiger partial charge in [0.15, 0.2) is 5.11 Å². The Kier molecular flexibility index (Phi) is 7.78. The third-order valence-corrected chi connectivity index (χ3v) is 7.08. The molecule has 198 valence electrons. The molecule has 0 saturated heterocycles. The zero-order valence-corrected chi connectivity index (χ0v) is 21.2. The second-order valence-corrected chi connectivity index (χ2v) is 10.3. The average Bonchev–Trinajstić information content (AvgIpc) is 2.88. The van der Waals surface area contributed by atoms with E-state index in [4.69, 9.17) is 18.0 Å². The van der Waals surface area contributed by atoms with Crippen LogP contribution in [0.1, 0.15) is 29.0 Å². The first-order valence-corrected chi connectivity index (χ1v) is 13.0. The van der Waals surface area contributed by atoms with Crippen LogP contribution in [0.5, 0.6) is 0 Å². The number of nitrogens with zero attached hydrogens (tertiary/aromatic N) is 3. The van der Waals surface area contributed by atoms with Crippen LogP contribution in [0.4, 0.5) is 17.6 Å². The van der Waals surface area contributed by atoms with Crippen LogP contribution in [0, 0.1) is 5.82 Å². The Morgan fingerprint density at radius 2 is 1.66 bits per heavy atom. The number of rotatable bonds is 4. The molecule has 1 atom stereocenters.